The first-order valence-corrected chi connectivity index (χ1v) is 10.8. The van der Waals surface area contributed by atoms with Crippen LogP contribution in [-0.2, 0) is 17.6 Å². The Kier molecular flexibility index (Phi) is 4.67. The molecule has 1 amide bonds. The number of aromatic nitrogens is 5. The maximum atomic E-state index is 12.7. The number of fused-ring (bicyclic) bond motifs is 2. The predicted molar refractivity (Wildman–Crippen MR) is 108 cm³/mol. The molecule has 1 aliphatic heterocycles. The van der Waals surface area contributed by atoms with Crippen molar-refractivity contribution in [2.24, 2.45) is 5.92 Å². The van der Waals surface area contributed by atoms with Crippen molar-refractivity contribution in [1.82, 2.24) is 24.8 Å². The Morgan fingerprint density at radius 1 is 1.14 bits per heavy atom. The van der Waals surface area contributed by atoms with Crippen LogP contribution in [0.25, 0.3) is 5.65 Å². The van der Waals surface area contributed by atoms with Gasteiger partial charge < -0.3 is 10.2 Å². The largest absolute Gasteiger partial charge is 0.355 e. The number of thiazole rings is 1. The van der Waals surface area contributed by atoms with Crippen molar-refractivity contribution in [3.8, 4) is 0 Å². The minimum atomic E-state index is 0.0265. The summed E-state index contributed by atoms with van der Waals surface area (Å²) in [5.74, 6) is 1.03. The average molecular weight is 398 g/mol. The molecule has 4 heterocycles. The van der Waals surface area contributed by atoms with Gasteiger partial charge in [0.05, 0.1) is 5.69 Å². The van der Waals surface area contributed by atoms with Gasteiger partial charge in [0.15, 0.2) is 10.8 Å². The molecule has 3 aromatic heterocycles. The molecule has 1 aliphatic carbocycles. The highest BCUT2D eigenvalue weighted by Crippen LogP contribution is 2.30. The molecule has 0 aromatic carbocycles. The second-order valence-corrected chi connectivity index (χ2v) is 8.61. The molecule has 0 atom stereocenters. The number of hydrogen-bond acceptors (Lipinski definition) is 7. The van der Waals surface area contributed by atoms with Crippen molar-refractivity contribution in [1.29, 1.82) is 0 Å². The predicted octanol–water partition coefficient (Wildman–Crippen LogP) is 2.70. The minimum absolute atomic E-state index is 0.0265. The van der Waals surface area contributed by atoms with Gasteiger partial charge in [-0.25, -0.2) is 4.98 Å². The number of anilines is 2. The lowest BCUT2D eigenvalue weighted by molar-refractivity contribution is -0.120. The van der Waals surface area contributed by atoms with E-state index >= 15 is 0 Å². The summed E-state index contributed by atoms with van der Waals surface area (Å²) in [6.45, 7) is 1.63. The lowest BCUT2D eigenvalue weighted by atomic mass is 9.96. The van der Waals surface area contributed by atoms with E-state index in [1.165, 1.54) is 29.8 Å². The van der Waals surface area contributed by atoms with Crippen molar-refractivity contribution < 1.29 is 4.79 Å². The van der Waals surface area contributed by atoms with Crippen LogP contribution >= 0.6 is 11.3 Å². The fourth-order valence-corrected chi connectivity index (χ4v) is 5.10. The average Bonchev–Trinajstić information content (AvgIpc) is 3.28. The molecular weight excluding hydrogens is 374 g/mol. The van der Waals surface area contributed by atoms with Gasteiger partial charge in [0.25, 0.3) is 0 Å². The second-order valence-electron chi connectivity index (χ2n) is 7.53. The van der Waals surface area contributed by atoms with Crippen molar-refractivity contribution in [3.63, 3.8) is 0 Å². The van der Waals surface area contributed by atoms with Crippen LogP contribution in [0.3, 0.4) is 0 Å². The molecule has 1 saturated heterocycles. The standard InChI is InChI=1S/C19H23N7OS/c27-18(22-19-21-14-4-2-1-3-5-15(14)28-19)13-8-10-25(11-9-13)17-7-6-16-23-20-12-26(16)24-17/h6-7,12-13H,1-5,8-11H2,(H,21,22,27). The minimum Gasteiger partial charge on any atom is -0.355 e. The number of aryl methyl sites for hydroxylation is 2. The fraction of sp³-hybridized carbons (Fsp3) is 0.526. The number of nitrogens with one attached hydrogen (secondary N) is 1. The molecule has 1 N–H and O–H groups in total. The first-order chi connectivity index (χ1) is 13.8. The molecule has 2 aliphatic rings. The summed E-state index contributed by atoms with van der Waals surface area (Å²) in [6, 6.07) is 3.88. The van der Waals surface area contributed by atoms with Gasteiger partial charge in [-0.1, -0.05) is 6.42 Å². The molecule has 9 heteroatoms. The van der Waals surface area contributed by atoms with E-state index in [4.69, 9.17) is 0 Å². The van der Waals surface area contributed by atoms with Crippen molar-refractivity contribution in [3.05, 3.63) is 29.0 Å². The third-order valence-corrected chi connectivity index (χ3v) is 6.74. The van der Waals surface area contributed by atoms with Gasteiger partial charge in [-0.3, -0.25) is 4.79 Å². The van der Waals surface area contributed by atoms with E-state index in [9.17, 15) is 4.79 Å². The Morgan fingerprint density at radius 3 is 2.89 bits per heavy atom. The molecule has 5 rings (SSSR count). The van der Waals surface area contributed by atoms with Crippen LogP contribution in [0.4, 0.5) is 10.9 Å². The van der Waals surface area contributed by atoms with Crippen LogP contribution in [0, 0.1) is 5.92 Å². The molecule has 0 spiro atoms. The van der Waals surface area contributed by atoms with Gasteiger partial charge in [0.2, 0.25) is 5.91 Å². The van der Waals surface area contributed by atoms with Gasteiger partial charge in [0.1, 0.15) is 12.1 Å². The van der Waals surface area contributed by atoms with Crippen LogP contribution in [0.15, 0.2) is 18.5 Å². The van der Waals surface area contributed by atoms with Crippen LogP contribution in [0.2, 0.25) is 0 Å². The van der Waals surface area contributed by atoms with E-state index in [2.05, 4.69) is 30.5 Å². The fourth-order valence-electron chi connectivity index (χ4n) is 4.05. The lowest BCUT2D eigenvalue weighted by Gasteiger charge is -2.31. The molecular formula is C19H23N7OS. The Bertz CT molecular complexity index is 966. The highest BCUT2D eigenvalue weighted by molar-refractivity contribution is 7.15. The lowest BCUT2D eigenvalue weighted by Crippen LogP contribution is -2.38. The number of carbonyl (C=O) groups is 1. The summed E-state index contributed by atoms with van der Waals surface area (Å²) >= 11 is 1.66. The van der Waals surface area contributed by atoms with E-state index in [-0.39, 0.29) is 11.8 Å². The zero-order valence-electron chi connectivity index (χ0n) is 15.7. The highest BCUT2D eigenvalue weighted by Gasteiger charge is 2.27. The summed E-state index contributed by atoms with van der Waals surface area (Å²) in [4.78, 5) is 21.0. The molecule has 1 fully saturated rings. The Hall–Kier alpha value is -2.55. The van der Waals surface area contributed by atoms with Gasteiger partial charge >= 0.3 is 0 Å². The molecule has 3 aromatic rings. The topological polar surface area (TPSA) is 88.3 Å². The van der Waals surface area contributed by atoms with Gasteiger partial charge in [-0.15, -0.1) is 26.6 Å². The van der Waals surface area contributed by atoms with Crippen LogP contribution in [-0.4, -0.2) is 43.8 Å². The van der Waals surface area contributed by atoms with Gasteiger partial charge in [0, 0.05) is 23.9 Å². The molecule has 146 valence electrons. The smallest absolute Gasteiger partial charge is 0.229 e. The van der Waals surface area contributed by atoms with Crippen LogP contribution in [0.5, 0.6) is 0 Å². The van der Waals surface area contributed by atoms with E-state index in [1.807, 2.05) is 12.1 Å². The summed E-state index contributed by atoms with van der Waals surface area (Å²) in [7, 11) is 0. The number of hydrogen-bond donors (Lipinski definition) is 1. The maximum absolute atomic E-state index is 12.7. The Labute approximate surface area is 167 Å². The zero-order chi connectivity index (χ0) is 18.9. The number of amides is 1. The third kappa shape index (κ3) is 3.46. The molecule has 0 bridgehead atoms. The molecule has 8 nitrogen and oxygen atoms in total. The molecule has 0 saturated carbocycles. The second kappa shape index (κ2) is 7.46. The highest BCUT2D eigenvalue weighted by atomic mass is 32.1. The number of rotatable bonds is 3. The first-order valence-electron chi connectivity index (χ1n) is 9.98. The third-order valence-electron chi connectivity index (χ3n) is 5.66. The summed E-state index contributed by atoms with van der Waals surface area (Å²) in [5.41, 5.74) is 1.93. The number of carbonyl (C=O) groups excluding carboxylic acids is 1. The molecule has 0 unspecified atom stereocenters. The number of piperidine rings is 1. The Morgan fingerprint density at radius 2 is 2.00 bits per heavy atom. The van der Waals surface area contributed by atoms with Gasteiger partial charge in [-0.2, -0.15) is 4.52 Å². The maximum Gasteiger partial charge on any atom is 0.229 e. The molecule has 28 heavy (non-hydrogen) atoms. The zero-order valence-corrected chi connectivity index (χ0v) is 16.5. The van der Waals surface area contributed by atoms with E-state index in [0.29, 0.717) is 0 Å². The van der Waals surface area contributed by atoms with Crippen molar-refractivity contribution in [2.75, 3.05) is 23.3 Å². The monoisotopic (exact) mass is 397 g/mol. The number of nitrogens with zero attached hydrogens (tertiary/aromatic N) is 6. The molecule has 0 radical (unpaired) electrons. The van der Waals surface area contributed by atoms with Crippen molar-refractivity contribution >= 4 is 33.8 Å². The van der Waals surface area contributed by atoms with Gasteiger partial charge in [-0.05, 0) is 50.7 Å². The van der Waals surface area contributed by atoms with Crippen LogP contribution < -0.4 is 10.2 Å². The van der Waals surface area contributed by atoms with Crippen molar-refractivity contribution in [2.45, 2.75) is 44.9 Å². The summed E-state index contributed by atoms with van der Waals surface area (Å²) in [5, 5.41) is 16.3. The quantitative estimate of drug-likeness (QED) is 0.684. The Balaban J connectivity index is 1.20. The first kappa shape index (κ1) is 17.5. The van der Waals surface area contributed by atoms with E-state index in [1.54, 1.807) is 22.2 Å². The van der Waals surface area contributed by atoms with E-state index < -0.39 is 0 Å². The summed E-state index contributed by atoms with van der Waals surface area (Å²) < 4.78 is 1.68. The van der Waals surface area contributed by atoms with E-state index in [0.717, 1.165) is 55.4 Å². The summed E-state index contributed by atoms with van der Waals surface area (Å²) in [6.07, 6.45) is 9.11. The van der Waals surface area contributed by atoms with Crippen LogP contribution in [0.1, 0.15) is 42.7 Å². The SMILES string of the molecule is O=C(Nc1nc2c(s1)CCCCC2)C1CCN(c2ccc3nncn3n2)CC1. The normalized spacial score (nSPS) is 18.1.